The monoisotopic (exact) mass is 492 g/mol. The summed E-state index contributed by atoms with van der Waals surface area (Å²) in [6.07, 6.45) is 3.10. The van der Waals surface area contributed by atoms with Gasteiger partial charge < -0.3 is 19.5 Å². The van der Waals surface area contributed by atoms with Gasteiger partial charge in [0.1, 0.15) is 11.4 Å². The average molecular weight is 493 g/mol. The molecule has 0 aliphatic carbocycles. The van der Waals surface area contributed by atoms with E-state index < -0.39 is 17.3 Å². The number of hydrogen-bond acceptors (Lipinski definition) is 6. The van der Waals surface area contributed by atoms with Crippen LogP contribution in [0.25, 0.3) is 10.9 Å². The highest BCUT2D eigenvalue weighted by atomic mass is 32.1. The number of carboxylic acid groups (broad SMARTS) is 1. The van der Waals surface area contributed by atoms with E-state index in [-0.39, 0.29) is 18.0 Å². The van der Waals surface area contributed by atoms with Crippen molar-refractivity contribution in [1.29, 1.82) is 0 Å². The Labute approximate surface area is 203 Å². The molecule has 0 unspecified atom stereocenters. The zero-order chi connectivity index (χ0) is 24.5. The highest BCUT2D eigenvalue weighted by Crippen LogP contribution is 2.30. The fraction of sp³-hybridized carbons (Fsp3) is 0.200. The van der Waals surface area contributed by atoms with Crippen molar-refractivity contribution in [2.75, 3.05) is 31.1 Å². The number of amides is 1. The van der Waals surface area contributed by atoms with Gasteiger partial charge in [-0.15, -0.1) is 11.3 Å². The van der Waals surface area contributed by atoms with Crippen molar-refractivity contribution in [2.24, 2.45) is 0 Å². The molecule has 1 saturated heterocycles. The minimum absolute atomic E-state index is 0.0562. The summed E-state index contributed by atoms with van der Waals surface area (Å²) < 4.78 is 14.7. The number of nitrogens with zero attached hydrogens (tertiary/aromatic N) is 4. The fourth-order valence-corrected chi connectivity index (χ4v) is 5.12. The van der Waals surface area contributed by atoms with E-state index >= 15 is 0 Å². The number of benzene rings is 1. The van der Waals surface area contributed by atoms with Gasteiger partial charge in [0, 0.05) is 44.0 Å². The van der Waals surface area contributed by atoms with Crippen molar-refractivity contribution in [2.45, 2.75) is 6.54 Å². The average Bonchev–Trinajstić information content (AvgIpc) is 3.41. The second-order valence-corrected chi connectivity index (χ2v) is 9.14. The van der Waals surface area contributed by atoms with E-state index in [1.807, 2.05) is 16.3 Å². The summed E-state index contributed by atoms with van der Waals surface area (Å²) >= 11 is 1.38. The molecule has 8 nitrogen and oxygen atoms in total. The van der Waals surface area contributed by atoms with Gasteiger partial charge in [-0.1, -0.05) is 18.2 Å². The first kappa shape index (κ1) is 22.7. The van der Waals surface area contributed by atoms with E-state index in [2.05, 4.69) is 4.98 Å². The maximum Gasteiger partial charge on any atom is 0.343 e. The van der Waals surface area contributed by atoms with Gasteiger partial charge in [0.2, 0.25) is 0 Å². The molecule has 10 heteroatoms. The number of halogens is 1. The molecule has 1 amide bonds. The molecule has 1 N–H and O–H groups in total. The lowest BCUT2D eigenvalue weighted by Gasteiger charge is -2.37. The number of thiophene rings is 1. The van der Waals surface area contributed by atoms with Crippen LogP contribution in [0.15, 0.2) is 65.0 Å². The molecule has 0 radical (unpaired) electrons. The van der Waals surface area contributed by atoms with Crippen molar-refractivity contribution < 1.29 is 19.1 Å². The summed E-state index contributed by atoms with van der Waals surface area (Å²) in [6.45, 7) is 1.64. The van der Waals surface area contributed by atoms with E-state index in [0.717, 1.165) is 0 Å². The van der Waals surface area contributed by atoms with E-state index in [4.69, 9.17) is 0 Å². The van der Waals surface area contributed by atoms with Gasteiger partial charge in [-0.3, -0.25) is 14.6 Å². The summed E-state index contributed by atoms with van der Waals surface area (Å²) in [5.74, 6) is -1.78. The molecule has 0 atom stereocenters. The zero-order valence-corrected chi connectivity index (χ0v) is 19.4. The Morgan fingerprint density at radius 1 is 1.06 bits per heavy atom. The third-order valence-corrected chi connectivity index (χ3v) is 6.98. The predicted octanol–water partition coefficient (Wildman–Crippen LogP) is 3.31. The van der Waals surface area contributed by atoms with Crippen LogP contribution >= 0.6 is 11.3 Å². The lowest BCUT2D eigenvalue weighted by atomic mass is 10.1. The third-order valence-electron chi connectivity index (χ3n) is 6.12. The van der Waals surface area contributed by atoms with Gasteiger partial charge >= 0.3 is 5.97 Å². The van der Waals surface area contributed by atoms with Gasteiger partial charge in [-0.05, 0) is 35.2 Å². The number of aromatic nitrogens is 2. The maximum absolute atomic E-state index is 13.5. The normalized spacial score (nSPS) is 13.9. The fourth-order valence-electron chi connectivity index (χ4n) is 4.43. The van der Waals surface area contributed by atoms with Gasteiger partial charge in [-0.2, -0.15) is 0 Å². The highest BCUT2D eigenvalue weighted by molar-refractivity contribution is 7.12. The van der Waals surface area contributed by atoms with Crippen LogP contribution in [0, 0.1) is 5.82 Å². The van der Waals surface area contributed by atoms with Crippen molar-refractivity contribution in [1.82, 2.24) is 14.5 Å². The Bertz CT molecular complexity index is 1460. The van der Waals surface area contributed by atoms with E-state index in [0.29, 0.717) is 53.2 Å². The Morgan fingerprint density at radius 3 is 2.46 bits per heavy atom. The van der Waals surface area contributed by atoms with E-state index in [9.17, 15) is 23.9 Å². The number of aromatic carboxylic acids is 1. The standard InChI is InChI=1S/C25H21FN4O4S/c26-17-5-3-16(4-6-17)15-30-19-7-8-27-14-18(19)22(21(24(30)32)25(33)34)28-9-11-29(12-10-28)23(31)20-2-1-13-35-20/h1-8,13-14H,9-12,15H2,(H,33,34). The van der Waals surface area contributed by atoms with Crippen LogP contribution < -0.4 is 10.5 Å². The second-order valence-electron chi connectivity index (χ2n) is 8.20. The largest absolute Gasteiger partial charge is 0.477 e. The van der Waals surface area contributed by atoms with E-state index in [1.54, 1.807) is 41.6 Å². The van der Waals surface area contributed by atoms with Gasteiger partial charge in [0.15, 0.2) is 0 Å². The minimum atomic E-state index is -1.33. The quantitative estimate of drug-likeness (QED) is 0.459. The smallest absolute Gasteiger partial charge is 0.343 e. The van der Waals surface area contributed by atoms with Crippen molar-refractivity contribution in [3.05, 3.63) is 92.4 Å². The molecule has 1 fully saturated rings. The van der Waals surface area contributed by atoms with Gasteiger partial charge in [0.05, 0.1) is 22.6 Å². The first-order valence-corrected chi connectivity index (χ1v) is 11.9. The number of carboxylic acids is 1. The first-order valence-electron chi connectivity index (χ1n) is 11.0. The number of piperazine rings is 1. The number of anilines is 1. The Hall–Kier alpha value is -4.05. The molecular formula is C25H21FN4O4S. The van der Waals surface area contributed by atoms with Crippen LogP contribution in [-0.4, -0.2) is 57.6 Å². The SMILES string of the molecule is O=C(O)c1c(N2CCN(C(=O)c3cccs3)CC2)c2cnccc2n(Cc2ccc(F)cc2)c1=O. The molecule has 178 valence electrons. The number of carbonyl (C=O) groups excluding carboxylic acids is 1. The number of rotatable bonds is 5. The van der Waals surface area contributed by atoms with Crippen LogP contribution in [0.4, 0.5) is 10.1 Å². The Balaban J connectivity index is 1.54. The number of carbonyl (C=O) groups is 2. The van der Waals surface area contributed by atoms with Crippen LogP contribution in [0.3, 0.4) is 0 Å². The predicted molar refractivity (Wildman–Crippen MR) is 131 cm³/mol. The number of fused-ring (bicyclic) bond motifs is 1. The molecule has 4 heterocycles. The van der Waals surface area contributed by atoms with Crippen LogP contribution in [0.5, 0.6) is 0 Å². The van der Waals surface area contributed by atoms with Crippen molar-refractivity contribution in [3.8, 4) is 0 Å². The lowest BCUT2D eigenvalue weighted by molar-refractivity contribution is 0.0691. The van der Waals surface area contributed by atoms with Crippen LogP contribution in [0.1, 0.15) is 25.6 Å². The Morgan fingerprint density at radius 2 is 1.80 bits per heavy atom. The van der Waals surface area contributed by atoms with Gasteiger partial charge in [0.25, 0.3) is 11.5 Å². The molecular weight excluding hydrogens is 471 g/mol. The molecule has 1 aliphatic rings. The number of hydrogen-bond donors (Lipinski definition) is 1. The molecule has 0 bridgehead atoms. The molecule has 5 rings (SSSR count). The summed E-state index contributed by atoms with van der Waals surface area (Å²) in [7, 11) is 0. The molecule has 1 aliphatic heterocycles. The maximum atomic E-state index is 13.5. The van der Waals surface area contributed by atoms with Crippen molar-refractivity contribution >= 4 is 39.8 Å². The summed E-state index contributed by atoms with van der Waals surface area (Å²) in [5.41, 5.74) is 0.519. The first-order chi connectivity index (χ1) is 16.9. The van der Waals surface area contributed by atoms with Crippen LogP contribution in [-0.2, 0) is 6.54 Å². The molecule has 3 aromatic heterocycles. The third kappa shape index (κ3) is 4.28. The summed E-state index contributed by atoms with van der Waals surface area (Å²) in [6, 6.07) is 11.0. The lowest BCUT2D eigenvalue weighted by Crippen LogP contribution is -2.49. The molecule has 35 heavy (non-hydrogen) atoms. The summed E-state index contributed by atoms with van der Waals surface area (Å²) in [4.78, 5) is 47.0. The molecule has 4 aromatic rings. The number of pyridine rings is 2. The van der Waals surface area contributed by atoms with Crippen LogP contribution in [0.2, 0.25) is 0 Å². The highest BCUT2D eigenvalue weighted by Gasteiger charge is 2.29. The van der Waals surface area contributed by atoms with Gasteiger partial charge in [-0.25, -0.2) is 9.18 Å². The minimum Gasteiger partial charge on any atom is -0.477 e. The molecule has 0 spiro atoms. The van der Waals surface area contributed by atoms with E-state index in [1.165, 1.54) is 28.0 Å². The molecule has 1 aromatic carbocycles. The summed E-state index contributed by atoms with van der Waals surface area (Å²) in [5, 5.41) is 12.4. The van der Waals surface area contributed by atoms with Crippen molar-refractivity contribution in [3.63, 3.8) is 0 Å². The zero-order valence-electron chi connectivity index (χ0n) is 18.6. The Kier molecular flexibility index (Phi) is 6.04. The second kappa shape index (κ2) is 9.30. The molecule has 0 saturated carbocycles. The topological polar surface area (TPSA) is 95.7 Å².